The first-order valence-electron chi connectivity index (χ1n) is 7.08. The quantitative estimate of drug-likeness (QED) is 0.698. The van der Waals surface area contributed by atoms with Gasteiger partial charge in [0.1, 0.15) is 10.6 Å². The van der Waals surface area contributed by atoms with E-state index in [4.69, 9.17) is 4.74 Å². The minimum Gasteiger partial charge on any atom is -0.495 e. The average Bonchev–Trinajstić information content (AvgIpc) is 2.98. The number of hydrogen-bond donors (Lipinski definition) is 1. The Morgan fingerprint density at radius 3 is 2.79 bits per heavy atom. The fourth-order valence-corrected chi connectivity index (χ4v) is 4.27. The molecule has 0 amide bonds. The number of aromatic nitrogens is 3. The van der Waals surface area contributed by atoms with Crippen molar-refractivity contribution >= 4 is 31.6 Å². The van der Waals surface area contributed by atoms with E-state index < -0.39 is 16.1 Å². The summed E-state index contributed by atoms with van der Waals surface area (Å²) in [5.41, 5.74) is 0.651. The molecule has 0 saturated heterocycles. The second kappa shape index (κ2) is 6.50. The Balaban J connectivity index is 1.96. The lowest BCUT2D eigenvalue weighted by Gasteiger charge is -2.15. The SMILES string of the molecule is COc1ccc(Br)cc1S(=O)(=O)NC(C)c1nnc2ccccn12. The maximum atomic E-state index is 12.7. The van der Waals surface area contributed by atoms with E-state index in [1.807, 2.05) is 12.1 Å². The van der Waals surface area contributed by atoms with E-state index in [-0.39, 0.29) is 10.6 Å². The zero-order valence-electron chi connectivity index (χ0n) is 13.0. The van der Waals surface area contributed by atoms with Crippen LogP contribution in [0, 0.1) is 0 Å². The van der Waals surface area contributed by atoms with Gasteiger partial charge in [-0.05, 0) is 37.3 Å². The van der Waals surface area contributed by atoms with Crippen molar-refractivity contribution in [2.24, 2.45) is 0 Å². The van der Waals surface area contributed by atoms with Crippen LogP contribution in [0.2, 0.25) is 0 Å². The van der Waals surface area contributed by atoms with Gasteiger partial charge in [0.05, 0.1) is 13.2 Å². The van der Waals surface area contributed by atoms with E-state index in [2.05, 4.69) is 30.8 Å². The first kappa shape index (κ1) is 16.9. The highest BCUT2D eigenvalue weighted by Crippen LogP contribution is 2.28. The van der Waals surface area contributed by atoms with E-state index in [1.165, 1.54) is 13.2 Å². The van der Waals surface area contributed by atoms with Gasteiger partial charge in [-0.25, -0.2) is 13.1 Å². The van der Waals surface area contributed by atoms with Crippen LogP contribution in [0.15, 0.2) is 52.0 Å². The number of halogens is 1. The number of nitrogens with one attached hydrogen (secondary N) is 1. The van der Waals surface area contributed by atoms with Gasteiger partial charge < -0.3 is 4.74 Å². The summed E-state index contributed by atoms with van der Waals surface area (Å²) >= 11 is 3.28. The third-order valence-electron chi connectivity index (χ3n) is 3.47. The normalized spacial score (nSPS) is 13.1. The Bertz CT molecular complexity index is 987. The second-order valence-corrected chi connectivity index (χ2v) is 7.72. The molecule has 0 aliphatic heterocycles. The number of sulfonamides is 1. The molecular weight excluding hydrogens is 396 g/mol. The van der Waals surface area contributed by atoms with Crippen LogP contribution in [0.5, 0.6) is 5.75 Å². The summed E-state index contributed by atoms with van der Waals surface area (Å²) in [5, 5.41) is 8.11. The van der Waals surface area contributed by atoms with Crippen LogP contribution in [0.25, 0.3) is 5.65 Å². The molecule has 0 aliphatic rings. The van der Waals surface area contributed by atoms with E-state index in [0.29, 0.717) is 15.9 Å². The smallest absolute Gasteiger partial charge is 0.244 e. The van der Waals surface area contributed by atoms with Crippen molar-refractivity contribution < 1.29 is 13.2 Å². The number of fused-ring (bicyclic) bond motifs is 1. The van der Waals surface area contributed by atoms with Crippen LogP contribution in [-0.2, 0) is 10.0 Å². The van der Waals surface area contributed by atoms with Gasteiger partial charge in [0.25, 0.3) is 0 Å². The standard InChI is InChI=1S/C15H15BrN4O3S/c1-10(15-18-17-14-5-3-4-8-20(14)15)19-24(21,22)13-9-11(16)6-7-12(13)23-2/h3-10,19H,1-2H3. The van der Waals surface area contributed by atoms with Crippen molar-refractivity contribution in [3.8, 4) is 5.75 Å². The zero-order valence-corrected chi connectivity index (χ0v) is 15.4. The first-order valence-corrected chi connectivity index (χ1v) is 9.35. The minimum absolute atomic E-state index is 0.0556. The summed E-state index contributed by atoms with van der Waals surface area (Å²) in [6.45, 7) is 1.71. The Labute approximate surface area is 147 Å². The molecule has 9 heteroatoms. The van der Waals surface area contributed by atoms with Crippen molar-refractivity contribution in [1.29, 1.82) is 0 Å². The molecule has 1 N–H and O–H groups in total. The molecular formula is C15H15BrN4O3S. The van der Waals surface area contributed by atoms with Gasteiger partial charge >= 0.3 is 0 Å². The minimum atomic E-state index is -3.81. The number of hydrogen-bond acceptors (Lipinski definition) is 5. The van der Waals surface area contributed by atoms with Crippen molar-refractivity contribution in [3.05, 3.63) is 52.9 Å². The number of rotatable bonds is 5. The van der Waals surface area contributed by atoms with Gasteiger partial charge in [-0.3, -0.25) is 4.40 Å². The molecule has 0 spiro atoms. The van der Waals surface area contributed by atoms with Crippen LogP contribution in [0.3, 0.4) is 0 Å². The maximum Gasteiger partial charge on any atom is 0.244 e. The Kier molecular flexibility index (Phi) is 4.57. The Hall–Kier alpha value is -1.97. The molecule has 1 unspecified atom stereocenters. The van der Waals surface area contributed by atoms with E-state index in [1.54, 1.807) is 35.7 Å². The number of nitrogens with zero attached hydrogens (tertiary/aromatic N) is 3. The number of pyridine rings is 1. The molecule has 126 valence electrons. The molecule has 2 heterocycles. The maximum absolute atomic E-state index is 12.7. The number of ether oxygens (including phenoxy) is 1. The Morgan fingerprint density at radius 2 is 2.04 bits per heavy atom. The van der Waals surface area contributed by atoms with Gasteiger partial charge in [0.2, 0.25) is 10.0 Å². The van der Waals surface area contributed by atoms with Gasteiger partial charge in [-0.1, -0.05) is 22.0 Å². The highest BCUT2D eigenvalue weighted by atomic mass is 79.9. The predicted molar refractivity (Wildman–Crippen MR) is 92.4 cm³/mol. The van der Waals surface area contributed by atoms with Gasteiger partial charge in [-0.2, -0.15) is 0 Å². The zero-order chi connectivity index (χ0) is 17.3. The fourth-order valence-electron chi connectivity index (χ4n) is 2.36. The van der Waals surface area contributed by atoms with Gasteiger partial charge in [-0.15, -0.1) is 10.2 Å². The largest absolute Gasteiger partial charge is 0.495 e. The van der Waals surface area contributed by atoms with Gasteiger partial charge in [0.15, 0.2) is 11.5 Å². The summed E-state index contributed by atoms with van der Waals surface area (Å²) in [4.78, 5) is 0.0556. The Morgan fingerprint density at radius 1 is 1.25 bits per heavy atom. The van der Waals surface area contributed by atoms with E-state index in [9.17, 15) is 8.42 Å². The lowest BCUT2D eigenvalue weighted by molar-refractivity contribution is 0.402. The number of methoxy groups -OCH3 is 1. The fraction of sp³-hybridized carbons (Fsp3) is 0.200. The lowest BCUT2D eigenvalue weighted by Crippen LogP contribution is -2.28. The molecule has 0 bridgehead atoms. The molecule has 1 aromatic carbocycles. The lowest BCUT2D eigenvalue weighted by atomic mass is 10.3. The van der Waals surface area contributed by atoms with Crippen LogP contribution in [0.4, 0.5) is 0 Å². The summed E-state index contributed by atoms with van der Waals surface area (Å²) in [5.74, 6) is 0.771. The average molecular weight is 411 g/mol. The number of benzene rings is 1. The van der Waals surface area contributed by atoms with Crippen molar-refractivity contribution in [1.82, 2.24) is 19.3 Å². The summed E-state index contributed by atoms with van der Waals surface area (Å²) in [6.07, 6.45) is 1.79. The summed E-state index contributed by atoms with van der Waals surface area (Å²) in [6, 6.07) is 9.71. The summed E-state index contributed by atoms with van der Waals surface area (Å²) < 4.78 is 35.6. The molecule has 0 saturated carbocycles. The third kappa shape index (κ3) is 3.14. The van der Waals surface area contributed by atoms with Crippen molar-refractivity contribution in [2.45, 2.75) is 17.9 Å². The van der Waals surface area contributed by atoms with Crippen molar-refractivity contribution in [2.75, 3.05) is 7.11 Å². The topological polar surface area (TPSA) is 85.6 Å². The van der Waals surface area contributed by atoms with Crippen LogP contribution in [-0.4, -0.2) is 30.1 Å². The van der Waals surface area contributed by atoms with Gasteiger partial charge in [0, 0.05) is 10.7 Å². The molecule has 24 heavy (non-hydrogen) atoms. The molecule has 7 nitrogen and oxygen atoms in total. The molecule has 0 aliphatic carbocycles. The van der Waals surface area contributed by atoms with Crippen LogP contribution in [0.1, 0.15) is 18.8 Å². The van der Waals surface area contributed by atoms with Crippen LogP contribution >= 0.6 is 15.9 Å². The molecule has 1 atom stereocenters. The molecule has 2 aromatic heterocycles. The molecule has 3 aromatic rings. The highest BCUT2D eigenvalue weighted by Gasteiger charge is 2.25. The monoisotopic (exact) mass is 410 g/mol. The predicted octanol–water partition coefficient (Wildman–Crippen LogP) is 2.54. The molecule has 0 radical (unpaired) electrons. The van der Waals surface area contributed by atoms with E-state index in [0.717, 1.165) is 0 Å². The molecule has 3 rings (SSSR count). The summed E-state index contributed by atoms with van der Waals surface area (Å²) in [7, 11) is -2.38. The van der Waals surface area contributed by atoms with Crippen molar-refractivity contribution in [3.63, 3.8) is 0 Å². The molecule has 0 fully saturated rings. The first-order chi connectivity index (χ1) is 11.4. The second-order valence-electron chi connectivity index (χ2n) is 5.13. The highest BCUT2D eigenvalue weighted by molar-refractivity contribution is 9.10. The third-order valence-corrected chi connectivity index (χ3v) is 5.53. The van der Waals surface area contributed by atoms with E-state index >= 15 is 0 Å². The van der Waals surface area contributed by atoms with Crippen LogP contribution < -0.4 is 9.46 Å².